The molecule has 0 spiro atoms. The van der Waals surface area contributed by atoms with Crippen LogP contribution in [0.3, 0.4) is 0 Å². The lowest BCUT2D eigenvalue weighted by Gasteiger charge is -2.34. The molecule has 1 saturated heterocycles. The number of aryl methyl sites for hydroxylation is 1. The molecule has 1 fully saturated rings. The predicted octanol–water partition coefficient (Wildman–Crippen LogP) is 1.94. The van der Waals surface area contributed by atoms with Gasteiger partial charge in [-0.3, -0.25) is 9.59 Å². The second-order valence-corrected chi connectivity index (χ2v) is 9.63. The Hall–Kier alpha value is -2.46. The third-order valence-electron chi connectivity index (χ3n) is 4.99. The molecular weight excluding hydrogens is 454 g/mol. The maximum atomic E-state index is 13.0. The summed E-state index contributed by atoms with van der Waals surface area (Å²) in [5.41, 5.74) is 1.16. The highest BCUT2D eigenvalue weighted by atomic mass is 35.5. The van der Waals surface area contributed by atoms with E-state index >= 15 is 0 Å². The van der Waals surface area contributed by atoms with E-state index in [-0.39, 0.29) is 18.0 Å². The molecule has 2 N–H and O–H groups in total. The Morgan fingerprint density at radius 3 is 2.44 bits per heavy atom. The molecule has 32 heavy (non-hydrogen) atoms. The average molecular weight is 480 g/mol. The number of ether oxygens (including phenoxy) is 1. The van der Waals surface area contributed by atoms with E-state index in [2.05, 4.69) is 10.6 Å². The van der Waals surface area contributed by atoms with Gasteiger partial charge in [-0.15, -0.1) is 0 Å². The van der Waals surface area contributed by atoms with Gasteiger partial charge in [0.25, 0.3) is 0 Å². The molecule has 10 heteroatoms. The smallest absolute Gasteiger partial charge is 0.309 e. The SMILES string of the molecule is O=C(NCCCc1ccccc1)C(=O)NC[C@H]1OCCCN1S(=O)(=O)c1ccc(Cl)cc1. The van der Waals surface area contributed by atoms with Crippen LogP contribution in [-0.4, -0.2) is 57.0 Å². The Labute approximate surface area is 192 Å². The number of benzene rings is 2. The van der Waals surface area contributed by atoms with Crippen molar-refractivity contribution < 1.29 is 22.7 Å². The molecule has 1 aliphatic heterocycles. The van der Waals surface area contributed by atoms with Crippen LogP contribution in [0, 0.1) is 0 Å². The number of rotatable bonds is 8. The first-order valence-electron chi connectivity index (χ1n) is 10.4. The van der Waals surface area contributed by atoms with Gasteiger partial charge in [0.15, 0.2) is 0 Å². The maximum Gasteiger partial charge on any atom is 0.309 e. The highest BCUT2D eigenvalue weighted by molar-refractivity contribution is 7.89. The summed E-state index contributed by atoms with van der Waals surface area (Å²) in [6.07, 6.45) is 1.11. The van der Waals surface area contributed by atoms with Crippen LogP contribution in [0.5, 0.6) is 0 Å². The zero-order chi connectivity index (χ0) is 23.0. The first-order chi connectivity index (χ1) is 15.4. The molecule has 0 saturated carbocycles. The molecule has 2 aromatic carbocycles. The Bertz CT molecular complexity index is 1020. The molecule has 3 rings (SSSR count). The van der Waals surface area contributed by atoms with Crippen LogP contribution in [0.4, 0.5) is 0 Å². The Morgan fingerprint density at radius 1 is 1.03 bits per heavy atom. The summed E-state index contributed by atoms with van der Waals surface area (Å²) in [6.45, 7) is 0.831. The quantitative estimate of drug-likeness (QED) is 0.444. The fourth-order valence-corrected chi connectivity index (χ4v) is 5.02. The van der Waals surface area contributed by atoms with Crippen LogP contribution in [0.25, 0.3) is 0 Å². The highest BCUT2D eigenvalue weighted by Gasteiger charge is 2.34. The van der Waals surface area contributed by atoms with Crippen LogP contribution >= 0.6 is 11.6 Å². The summed E-state index contributed by atoms with van der Waals surface area (Å²) in [4.78, 5) is 24.3. The highest BCUT2D eigenvalue weighted by Crippen LogP contribution is 2.23. The number of sulfonamides is 1. The van der Waals surface area contributed by atoms with Crippen molar-refractivity contribution >= 4 is 33.4 Å². The molecule has 1 aliphatic rings. The summed E-state index contributed by atoms with van der Waals surface area (Å²) in [7, 11) is -3.84. The number of amides is 2. The van der Waals surface area contributed by atoms with Crippen molar-refractivity contribution in [1.29, 1.82) is 0 Å². The molecule has 1 heterocycles. The van der Waals surface area contributed by atoms with Gasteiger partial charge in [0.05, 0.1) is 18.0 Å². The summed E-state index contributed by atoms with van der Waals surface area (Å²) >= 11 is 5.85. The fourth-order valence-electron chi connectivity index (χ4n) is 3.32. The minimum Gasteiger partial charge on any atom is -0.360 e. The largest absolute Gasteiger partial charge is 0.360 e. The second-order valence-electron chi connectivity index (χ2n) is 7.30. The Morgan fingerprint density at radius 2 is 1.72 bits per heavy atom. The van der Waals surface area contributed by atoms with Crippen molar-refractivity contribution in [2.75, 3.05) is 26.2 Å². The first-order valence-corrected chi connectivity index (χ1v) is 12.2. The zero-order valence-electron chi connectivity index (χ0n) is 17.5. The molecule has 0 unspecified atom stereocenters. The first kappa shape index (κ1) is 24.2. The van der Waals surface area contributed by atoms with Gasteiger partial charge in [0.1, 0.15) is 6.23 Å². The summed E-state index contributed by atoms with van der Waals surface area (Å²) in [6, 6.07) is 15.7. The minimum atomic E-state index is -3.84. The minimum absolute atomic E-state index is 0.0832. The van der Waals surface area contributed by atoms with Gasteiger partial charge in [0, 0.05) is 18.1 Å². The molecule has 2 amide bonds. The van der Waals surface area contributed by atoms with Crippen molar-refractivity contribution in [3.05, 3.63) is 65.2 Å². The number of halogens is 1. The van der Waals surface area contributed by atoms with Crippen LogP contribution in [-0.2, 0) is 30.8 Å². The summed E-state index contributed by atoms with van der Waals surface area (Å²) in [5.74, 6) is -1.59. The van der Waals surface area contributed by atoms with Gasteiger partial charge in [-0.1, -0.05) is 41.9 Å². The van der Waals surface area contributed by atoms with Crippen molar-refractivity contribution in [1.82, 2.24) is 14.9 Å². The zero-order valence-corrected chi connectivity index (χ0v) is 19.1. The van der Waals surface area contributed by atoms with Crippen LogP contribution in [0.15, 0.2) is 59.5 Å². The molecule has 2 aromatic rings. The van der Waals surface area contributed by atoms with E-state index in [9.17, 15) is 18.0 Å². The third-order valence-corrected chi connectivity index (χ3v) is 7.14. The van der Waals surface area contributed by atoms with Gasteiger partial charge in [-0.2, -0.15) is 4.31 Å². The Balaban J connectivity index is 1.49. The van der Waals surface area contributed by atoms with Gasteiger partial charge in [0.2, 0.25) is 10.0 Å². The van der Waals surface area contributed by atoms with Crippen LogP contribution in [0.2, 0.25) is 5.02 Å². The topological polar surface area (TPSA) is 105 Å². The molecule has 0 aromatic heterocycles. The van der Waals surface area contributed by atoms with Gasteiger partial charge >= 0.3 is 11.8 Å². The van der Waals surface area contributed by atoms with Crippen molar-refractivity contribution in [2.45, 2.75) is 30.4 Å². The molecule has 0 aliphatic carbocycles. The van der Waals surface area contributed by atoms with Crippen LogP contribution in [0.1, 0.15) is 18.4 Å². The average Bonchev–Trinajstić information content (AvgIpc) is 2.81. The fraction of sp³-hybridized carbons (Fsp3) is 0.364. The van der Waals surface area contributed by atoms with E-state index in [4.69, 9.17) is 16.3 Å². The number of hydrogen-bond acceptors (Lipinski definition) is 5. The standard InChI is InChI=1S/C22H26ClN3O5S/c23-18-9-11-19(12-10-18)32(29,30)26-14-5-15-31-20(26)16-25-22(28)21(27)24-13-4-8-17-6-2-1-3-7-17/h1-3,6-7,9-12,20H,4-5,8,13-16H2,(H,24,27)(H,25,28)/t20-/m1/s1. The number of nitrogens with one attached hydrogen (secondary N) is 2. The predicted molar refractivity (Wildman–Crippen MR) is 120 cm³/mol. The number of hydrogen-bond donors (Lipinski definition) is 2. The number of carbonyl (C=O) groups excluding carboxylic acids is 2. The second kappa shape index (κ2) is 11.4. The molecule has 172 valence electrons. The van der Waals surface area contributed by atoms with Gasteiger partial charge in [-0.25, -0.2) is 8.42 Å². The van der Waals surface area contributed by atoms with E-state index in [1.54, 1.807) is 0 Å². The van der Waals surface area contributed by atoms with Crippen LogP contribution < -0.4 is 10.6 Å². The van der Waals surface area contributed by atoms with E-state index in [0.717, 1.165) is 12.0 Å². The normalized spacial score (nSPS) is 17.0. The molecule has 1 atom stereocenters. The molecule has 0 bridgehead atoms. The van der Waals surface area contributed by atoms with Crippen molar-refractivity contribution in [3.8, 4) is 0 Å². The monoisotopic (exact) mass is 479 g/mol. The summed E-state index contributed by atoms with van der Waals surface area (Å²) < 4.78 is 32.7. The van der Waals surface area contributed by atoms with E-state index in [0.29, 0.717) is 31.0 Å². The lowest BCUT2D eigenvalue weighted by molar-refractivity contribution is -0.140. The maximum absolute atomic E-state index is 13.0. The van der Waals surface area contributed by atoms with Crippen molar-refractivity contribution in [2.24, 2.45) is 0 Å². The molecule has 8 nitrogen and oxygen atoms in total. The number of carbonyl (C=O) groups is 2. The van der Waals surface area contributed by atoms with Gasteiger partial charge < -0.3 is 15.4 Å². The molecular formula is C22H26ClN3O5S. The van der Waals surface area contributed by atoms with Gasteiger partial charge in [-0.05, 0) is 49.1 Å². The lowest BCUT2D eigenvalue weighted by atomic mass is 10.1. The van der Waals surface area contributed by atoms with Crippen molar-refractivity contribution in [3.63, 3.8) is 0 Å². The molecule has 0 radical (unpaired) electrons. The third kappa shape index (κ3) is 6.52. The lowest BCUT2D eigenvalue weighted by Crippen LogP contribution is -2.53. The Kier molecular flexibility index (Phi) is 8.63. The van der Waals surface area contributed by atoms with E-state index < -0.39 is 28.1 Å². The van der Waals surface area contributed by atoms with E-state index in [1.165, 1.54) is 28.6 Å². The summed E-state index contributed by atoms with van der Waals surface area (Å²) in [5, 5.41) is 5.48. The number of nitrogens with zero attached hydrogens (tertiary/aromatic N) is 1. The van der Waals surface area contributed by atoms with E-state index in [1.807, 2.05) is 30.3 Å².